The first-order chi connectivity index (χ1) is 2.00. The van der Waals surface area contributed by atoms with Crippen molar-refractivity contribution in [3.63, 3.8) is 0 Å². The van der Waals surface area contributed by atoms with Crippen LogP contribution in [0.1, 0.15) is 1.43 Å². The smallest absolute Gasteiger partial charge is 1.00 e. The molecule has 0 radical (unpaired) electrons. The Balaban J connectivity index is -0.0000000267. The van der Waals surface area contributed by atoms with Gasteiger partial charge in [0, 0.05) is 46.9 Å². The first-order valence-corrected chi connectivity index (χ1v) is 2.35. The molecule has 0 amide bonds. The van der Waals surface area contributed by atoms with Gasteiger partial charge in [-0.1, -0.05) is 0 Å². The molecule has 0 bridgehead atoms. The summed E-state index contributed by atoms with van der Waals surface area (Å²) in [5, 5.41) is 0. The number of hydrogen-bond donors (Lipinski definition) is 3. The molecule has 3 N–H and O–H groups in total. The van der Waals surface area contributed by atoms with E-state index in [0.717, 1.165) is 0 Å². The summed E-state index contributed by atoms with van der Waals surface area (Å²) in [6, 6.07) is 0. The standard InChI is InChI=1S/K.H3O4P.Yb.H/c;1-5(2,3)4;;/h;(H3,1,2,3,4);;/q+1;;;-1. The zero-order valence-electron chi connectivity index (χ0n) is 4.46. The molecule has 48 valence electrons. The summed E-state index contributed by atoms with van der Waals surface area (Å²) < 4.78 is 8.88. The minimum absolute atomic E-state index is 0. The Morgan fingerprint density at radius 3 is 1.29 bits per heavy atom. The third kappa shape index (κ3) is 45.9. The van der Waals surface area contributed by atoms with Crippen LogP contribution in [0.2, 0.25) is 0 Å². The Morgan fingerprint density at radius 1 is 1.29 bits per heavy atom. The molecule has 0 aliphatic heterocycles. The van der Waals surface area contributed by atoms with Gasteiger partial charge in [-0.05, 0) is 0 Å². The van der Waals surface area contributed by atoms with Gasteiger partial charge >= 0.3 is 59.2 Å². The summed E-state index contributed by atoms with van der Waals surface area (Å²) in [5.41, 5.74) is 0. The molecule has 0 fully saturated rings. The van der Waals surface area contributed by atoms with Crippen LogP contribution in [0.15, 0.2) is 0 Å². The van der Waals surface area contributed by atoms with Gasteiger partial charge in [0.15, 0.2) is 0 Å². The average Bonchev–Trinajstić information content (AvgIpc) is 0.722. The molecule has 0 aliphatic carbocycles. The topological polar surface area (TPSA) is 77.8 Å². The van der Waals surface area contributed by atoms with E-state index in [1.165, 1.54) is 0 Å². The minimum atomic E-state index is -4.64. The maximum absolute atomic E-state index is 8.88. The predicted octanol–water partition coefficient (Wildman–Crippen LogP) is -3.81. The summed E-state index contributed by atoms with van der Waals surface area (Å²) >= 11 is 0. The Hall–Kier alpha value is 3.27. The van der Waals surface area contributed by atoms with E-state index in [2.05, 4.69) is 0 Å². The maximum atomic E-state index is 8.88. The van der Waals surface area contributed by atoms with Crippen molar-refractivity contribution < 1.29 is 119 Å². The fourth-order valence-electron chi connectivity index (χ4n) is 0. The van der Waals surface area contributed by atoms with Crippen LogP contribution in [-0.2, 0) is 4.57 Å². The quantitative estimate of drug-likeness (QED) is 0.317. The van der Waals surface area contributed by atoms with Crippen molar-refractivity contribution in [3.8, 4) is 0 Å². The molecule has 0 aliphatic rings. The van der Waals surface area contributed by atoms with Gasteiger partial charge in [0.05, 0.1) is 0 Å². The largest absolute Gasteiger partial charge is 1.00 e. The van der Waals surface area contributed by atoms with Crippen molar-refractivity contribution in [3.05, 3.63) is 0 Å². The first-order valence-electron chi connectivity index (χ1n) is 0.783. The van der Waals surface area contributed by atoms with Gasteiger partial charge in [-0.25, -0.2) is 4.57 Å². The van der Waals surface area contributed by atoms with Crippen LogP contribution in [0.5, 0.6) is 0 Å². The zero-order chi connectivity index (χ0) is 4.50. The van der Waals surface area contributed by atoms with Crippen molar-refractivity contribution in [2.24, 2.45) is 0 Å². The fourth-order valence-corrected chi connectivity index (χ4v) is 0. The van der Waals surface area contributed by atoms with Gasteiger partial charge in [-0.15, -0.1) is 0 Å². The molecule has 0 spiro atoms. The first kappa shape index (κ1) is 16.7. The van der Waals surface area contributed by atoms with Crippen molar-refractivity contribution in [1.82, 2.24) is 0 Å². The molecule has 7 heavy (non-hydrogen) atoms. The third-order valence-corrected chi connectivity index (χ3v) is 0. The van der Waals surface area contributed by atoms with Crippen LogP contribution >= 0.6 is 7.82 Å². The van der Waals surface area contributed by atoms with Gasteiger partial charge in [0.2, 0.25) is 0 Å². The molecule has 0 saturated heterocycles. The molecule has 4 nitrogen and oxygen atoms in total. The molecule has 0 atom stereocenters. The van der Waals surface area contributed by atoms with Crippen molar-refractivity contribution in [2.75, 3.05) is 0 Å². The molecule has 0 aromatic rings. The van der Waals surface area contributed by atoms with Crippen LogP contribution in [0.3, 0.4) is 0 Å². The van der Waals surface area contributed by atoms with Gasteiger partial charge in [0.25, 0.3) is 0 Å². The van der Waals surface area contributed by atoms with Gasteiger partial charge in [-0.3, -0.25) is 0 Å². The second-order valence-corrected chi connectivity index (χ2v) is 1.54. The second-order valence-electron chi connectivity index (χ2n) is 0.513. The van der Waals surface area contributed by atoms with Crippen molar-refractivity contribution in [1.29, 1.82) is 0 Å². The third-order valence-electron chi connectivity index (χ3n) is 0. The van der Waals surface area contributed by atoms with Crippen LogP contribution in [0.25, 0.3) is 0 Å². The summed E-state index contributed by atoms with van der Waals surface area (Å²) in [6.45, 7) is 0. The van der Waals surface area contributed by atoms with Crippen molar-refractivity contribution >= 4 is 7.82 Å². The van der Waals surface area contributed by atoms with Crippen molar-refractivity contribution in [2.45, 2.75) is 0 Å². The average molecular weight is 311 g/mol. The Labute approximate surface area is 123 Å². The summed E-state index contributed by atoms with van der Waals surface area (Å²) in [4.78, 5) is 21.6. The van der Waals surface area contributed by atoms with E-state index in [-0.39, 0.29) is 99.7 Å². The Kier molecular flexibility index (Phi) is 17.6. The molecule has 0 saturated carbocycles. The molecule has 0 rings (SSSR count). The maximum Gasteiger partial charge on any atom is 1.00 e. The number of hydrogen-bond acceptors (Lipinski definition) is 1. The molecule has 7 heteroatoms. The second kappa shape index (κ2) is 7.37. The summed E-state index contributed by atoms with van der Waals surface area (Å²) in [5.74, 6) is 0. The van der Waals surface area contributed by atoms with Crippen LogP contribution in [-0.4, -0.2) is 14.7 Å². The van der Waals surface area contributed by atoms with Crippen LogP contribution in [0, 0.1) is 46.9 Å². The van der Waals surface area contributed by atoms with Crippen LogP contribution in [0.4, 0.5) is 0 Å². The molecular weight excluding hydrogens is 307 g/mol. The van der Waals surface area contributed by atoms with E-state index in [1.54, 1.807) is 0 Å². The van der Waals surface area contributed by atoms with E-state index in [4.69, 9.17) is 19.2 Å². The minimum Gasteiger partial charge on any atom is -1.00 e. The van der Waals surface area contributed by atoms with E-state index in [0.29, 0.717) is 0 Å². The Bertz CT molecular complexity index is 62.2. The fraction of sp³-hybridized carbons (Fsp3) is 0. The van der Waals surface area contributed by atoms with Gasteiger partial charge in [0.1, 0.15) is 0 Å². The zero-order valence-corrected chi connectivity index (χ0v) is 9.20. The molecule has 0 aromatic carbocycles. The Morgan fingerprint density at radius 2 is 1.29 bits per heavy atom. The molecule has 0 heterocycles. The molecular formula is H4KO4PYb. The predicted molar refractivity (Wildman–Crippen MR) is 15.4 cm³/mol. The SMILES string of the molecule is O=P(O)(O)O.[H-].[K+].[Yb]. The van der Waals surface area contributed by atoms with E-state index < -0.39 is 7.82 Å². The summed E-state index contributed by atoms with van der Waals surface area (Å²) in [7, 11) is -4.64. The normalized spacial score (nSPS) is 8.43. The van der Waals surface area contributed by atoms with Crippen LogP contribution < -0.4 is 51.4 Å². The van der Waals surface area contributed by atoms with E-state index in [9.17, 15) is 0 Å². The van der Waals surface area contributed by atoms with E-state index in [1.807, 2.05) is 0 Å². The molecule has 0 unspecified atom stereocenters. The van der Waals surface area contributed by atoms with E-state index >= 15 is 0 Å². The number of phosphoric acid groups is 1. The molecule has 0 aromatic heterocycles. The monoisotopic (exact) mass is 312 g/mol. The van der Waals surface area contributed by atoms with Gasteiger partial charge in [-0.2, -0.15) is 0 Å². The van der Waals surface area contributed by atoms with Gasteiger partial charge < -0.3 is 16.1 Å². The summed E-state index contributed by atoms with van der Waals surface area (Å²) in [6.07, 6.45) is 0. The number of rotatable bonds is 0.